The molecule has 0 aromatic rings. The Morgan fingerprint density at radius 3 is 2.70 bits per heavy atom. The molecule has 2 atom stereocenters. The first-order valence-corrected chi connectivity index (χ1v) is 3.81. The van der Waals surface area contributed by atoms with Gasteiger partial charge in [-0.3, -0.25) is 0 Å². The van der Waals surface area contributed by atoms with Crippen LogP contribution in [0, 0.1) is 5.92 Å². The summed E-state index contributed by atoms with van der Waals surface area (Å²) in [5, 5.41) is 12.0. The Hall–Kier alpha value is -0.275. The predicted octanol–water partition coefficient (Wildman–Crippen LogP) is 0.651. The van der Waals surface area contributed by atoms with Crippen LogP contribution in [0.5, 0.6) is 0 Å². The van der Waals surface area contributed by atoms with Crippen LogP contribution >= 0.6 is 0 Å². The molecule has 0 bridgehead atoms. The maximum Gasteiger partial charge on any atom is 0.374 e. The van der Waals surface area contributed by atoms with Crippen molar-refractivity contribution in [2.45, 2.75) is 26.2 Å². The van der Waals surface area contributed by atoms with Crippen molar-refractivity contribution in [2.24, 2.45) is 5.92 Å². The Morgan fingerprint density at radius 2 is 2.30 bits per heavy atom. The fourth-order valence-corrected chi connectivity index (χ4v) is 1.31. The second-order valence-corrected chi connectivity index (χ2v) is 3.05. The van der Waals surface area contributed by atoms with Crippen LogP contribution in [0.25, 0.3) is 0 Å². The third-order valence-corrected chi connectivity index (χ3v) is 1.75. The molecule has 0 fully saturated rings. The largest absolute Gasteiger partial charge is 0.437 e. The predicted molar refractivity (Wildman–Crippen MR) is 43.7 cm³/mol. The SMILES string of the molecule is CB(O)NC1C=CC(C)C1. The molecule has 0 aromatic heterocycles. The van der Waals surface area contributed by atoms with Crippen molar-refractivity contribution in [3.8, 4) is 0 Å². The van der Waals surface area contributed by atoms with E-state index in [2.05, 4.69) is 24.3 Å². The summed E-state index contributed by atoms with van der Waals surface area (Å²) in [5.41, 5.74) is 0. The van der Waals surface area contributed by atoms with Gasteiger partial charge in [-0.05, 0) is 19.2 Å². The third kappa shape index (κ3) is 2.16. The molecule has 2 unspecified atom stereocenters. The molecule has 1 rings (SSSR count). The zero-order valence-corrected chi connectivity index (χ0v) is 6.54. The van der Waals surface area contributed by atoms with Crippen molar-refractivity contribution in [1.82, 2.24) is 5.23 Å². The van der Waals surface area contributed by atoms with E-state index >= 15 is 0 Å². The van der Waals surface area contributed by atoms with Crippen molar-refractivity contribution in [1.29, 1.82) is 0 Å². The minimum Gasteiger partial charge on any atom is -0.437 e. The molecule has 2 N–H and O–H groups in total. The first-order chi connectivity index (χ1) is 4.68. The molecule has 0 spiro atoms. The Balaban J connectivity index is 2.26. The van der Waals surface area contributed by atoms with E-state index in [0.29, 0.717) is 12.0 Å². The van der Waals surface area contributed by atoms with Gasteiger partial charge < -0.3 is 10.3 Å². The fourth-order valence-electron chi connectivity index (χ4n) is 1.31. The topological polar surface area (TPSA) is 32.3 Å². The van der Waals surface area contributed by atoms with Gasteiger partial charge >= 0.3 is 7.05 Å². The molecule has 1 aliphatic rings. The fraction of sp³-hybridized carbons (Fsp3) is 0.714. The Morgan fingerprint density at radius 1 is 1.60 bits per heavy atom. The molecular formula is C7H14BNO. The average molecular weight is 139 g/mol. The zero-order valence-electron chi connectivity index (χ0n) is 6.54. The highest BCUT2D eigenvalue weighted by molar-refractivity contribution is 6.45. The number of allylic oxidation sites excluding steroid dienone is 1. The van der Waals surface area contributed by atoms with Gasteiger partial charge in [0.15, 0.2) is 0 Å². The van der Waals surface area contributed by atoms with Gasteiger partial charge in [0.1, 0.15) is 0 Å². The summed E-state index contributed by atoms with van der Waals surface area (Å²) < 4.78 is 0. The lowest BCUT2D eigenvalue weighted by Crippen LogP contribution is -2.37. The highest BCUT2D eigenvalue weighted by Gasteiger charge is 2.16. The molecule has 2 nitrogen and oxygen atoms in total. The summed E-state index contributed by atoms with van der Waals surface area (Å²) in [4.78, 5) is 0. The first kappa shape index (κ1) is 7.83. The summed E-state index contributed by atoms with van der Waals surface area (Å²) in [6.45, 7) is 3.93. The minimum absolute atomic E-state index is 0.384. The lowest BCUT2D eigenvalue weighted by Gasteiger charge is -2.11. The van der Waals surface area contributed by atoms with Crippen LogP contribution in [0.1, 0.15) is 13.3 Å². The molecule has 0 heterocycles. The van der Waals surface area contributed by atoms with Gasteiger partial charge in [0, 0.05) is 6.04 Å². The van der Waals surface area contributed by atoms with E-state index in [-0.39, 0.29) is 7.05 Å². The maximum absolute atomic E-state index is 8.95. The Kier molecular flexibility index (Phi) is 2.52. The molecular weight excluding hydrogens is 125 g/mol. The van der Waals surface area contributed by atoms with Gasteiger partial charge in [-0.2, -0.15) is 0 Å². The molecule has 1 aliphatic carbocycles. The molecule has 0 aliphatic heterocycles. The maximum atomic E-state index is 8.95. The zero-order chi connectivity index (χ0) is 7.56. The van der Waals surface area contributed by atoms with Crippen molar-refractivity contribution < 1.29 is 5.02 Å². The van der Waals surface area contributed by atoms with Crippen molar-refractivity contribution in [2.75, 3.05) is 0 Å². The first-order valence-electron chi connectivity index (χ1n) is 3.81. The molecule has 56 valence electrons. The van der Waals surface area contributed by atoms with E-state index in [4.69, 9.17) is 5.02 Å². The minimum atomic E-state index is -0.389. The standard InChI is InChI=1S/C7H14BNO/c1-6-3-4-7(5-6)9-8(2)10/h3-4,6-7,9-10H,5H2,1-2H3. The molecule has 0 radical (unpaired) electrons. The normalized spacial score (nSPS) is 31.1. The van der Waals surface area contributed by atoms with Crippen molar-refractivity contribution >= 4 is 7.05 Å². The molecule has 0 aromatic carbocycles. The van der Waals surface area contributed by atoms with Crippen LogP contribution in [-0.4, -0.2) is 18.1 Å². The summed E-state index contributed by atoms with van der Waals surface area (Å²) in [5.74, 6) is 0.663. The van der Waals surface area contributed by atoms with Crippen molar-refractivity contribution in [3.05, 3.63) is 12.2 Å². The summed E-state index contributed by atoms with van der Waals surface area (Å²) in [7, 11) is -0.389. The van der Waals surface area contributed by atoms with Crippen LogP contribution < -0.4 is 5.23 Å². The lowest BCUT2D eigenvalue weighted by atomic mass is 9.87. The van der Waals surface area contributed by atoms with E-state index in [1.165, 1.54) is 0 Å². The number of hydrogen-bond acceptors (Lipinski definition) is 2. The van der Waals surface area contributed by atoms with E-state index in [1.807, 2.05) is 0 Å². The van der Waals surface area contributed by atoms with E-state index in [9.17, 15) is 0 Å². The molecule has 0 saturated carbocycles. The molecule has 10 heavy (non-hydrogen) atoms. The van der Waals surface area contributed by atoms with Gasteiger partial charge in [-0.15, -0.1) is 0 Å². The molecule has 0 saturated heterocycles. The Bertz CT molecular complexity index is 136. The van der Waals surface area contributed by atoms with Crippen LogP contribution in [0.2, 0.25) is 6.82 Å². The summed E-state index contributed by atoms with van der Waals surface area (Å²) in [6, 6.07) is 0.384. The third-order valence-electron chi connectivity index (χ3n) is 1.75. The van der Waals surface area contributed by atoms with E-state index in [1.54, 1.807) is 6.82 Å². The van der Waals surface area contributed by atoms with Crippen LogP contribution in [0.15, 0.2) is 12.2 Å². The molecule has 3 heteroatoms. The second kappa shape index (κ2) is 3.22. The van der Waals surface area contributed by atoms with Crippen LogP contribution in [-0.2, 0) is 0 Å². The van der Waals surface area contributed by atoms with Gasteiger partial charge in [-0.25, -0.2) is 0 Å². The summed E-state index contributed by atoms with van der Waals surface area (Å²) in [6.07, 6.45) is 5.42. The monoisotopic (exact) mass is 139 g/mol. The Labute approximate surface area is 62.5 Å². The van der Waals surface area contributed by atoms with E-state index < -0.39 is 0 Å². The van der Waals surface area contributed by atoms with Crippen LogP contribution in [0.4, 0.5) is 0 Å². The highest BCUT2D eigenvalue weighted by atomic mass is 16.2. The number of hydrogen-bond donors (Lipinski definition) is 2. The van der Waals surface area contributed by atoms with Gasteiger partial charge in [0.05, 0.1) is 0 Å². The lowest BCUT2D eigenvalue weighted by molar-refractivity contribution is 0.522. The highest BCUT2D eigenvalue weighted by Crippen LogP contribution is 2.16. The second-order valence-electron chi connectivity index (χ2n) is 3.05. The van der Waals surface area contributed by atoms with E-state index in [0.717, 1.165) is 6.42 Å². The number of rotatable bonds is 2. The molecule has 0 amide bonds. The smallest absolute Gasteiger partial charge is 0.374 e. The average Bonchev–Trinajstić information content (AvgIpc) is 2.13. The van der Waals surface area contributed by atoms with Gasteiger partial charge in [-0.1, -0.05) is 19.1 Å². The van der Waals surface area contributed by atoms with Gasteiger partial charge in [0.25, 0.3) is 0 Å². The summed E-state index contributed by atoms with van der Waals surface area (Å²) >= 11 is 0. The van der Waals surface area contributed by atoms with Gasteiger partial charge in [0.2, 0.25) is 0 Å². The van der Waals surface area contributed by atoms with Crippen molar-refractivity contribution in [3.63, 3.8) is 0 Å². The number of nitrogens with one attached hydrogen (secondary N) is 1. The van der Waals surface area contributed by atoms with Crippen LogP contribution in [0.3, 0.4) is 0 Å². The quantitative estimate of drug-likeness (QED) is 0.434.